The van der Waals surface area contributed by atoms with Crippen LogP contribution in [0.4, 0.5) is 0 Å². The third-order valence-electron chi connectivity index (χ3n) is 4.58. The third kappa shape index (κ3) is 4.75. The molecule has 0 radical (unpaired) electrons. The molecule has 0 fully saturated rings. The predicted molar refractivity (Wildman–Crippen MR) is 117 cm³/mol. The largest absolute Gasteiger partial charge is 0.486 e. The maximum Gasteiger partial charge on any atom is 0.273 e. The fourth-order valence-corrected chi connectivity index (χ4v) is 3.64. The molecular weight excluding hydrogens is 396 g/mol. The molecule has 30 heavy (non-hydrogen) atoms. The Kier molecular flexibility index (Phi) is 5.90. The molecule has 0 aliphatic carbocycles. The Hall–Kier alpha value is -3.45. The second-order valence-electron chi connectivity index (χ2n) is 7.02. The summed E-state index contributed by atoms with van der Waals surface area (Å²) in [5.74, 6) is 0.663. The molecule has 4 rings (SSSR count). The van der Waals surface area contributed by atoms with E-state index in [0.29, 0.717) is 18.8 Å². The first-order valence-electron chi connectivity index (χ1n) is 9.57. The Balaban J connectivity index is 1.35. The quantitative estimate of drug-likeness (QED) is 0.444. The maximum atomic E-state index is 12.8. The Morgan fingerprint density at radius 1 is 1.13 bits per heavy atom. The van der Waals surface area contributed by atoms with Crippen molar-refractivity contribution in [2.45, 2.75) is 20.1 Å². The van der Waals surface area contributed by atoms with Gasteiger partial charge in [0.05, 0.1) is 11.9 Å². The first-order chi connectivity index (χ1) is 14.6. The fraction of sp³-hybridized carbons (Fsp3) is 0.174. The number of hydrogen-bond acceptors (Lipinski definition) is 5. The van der Waals surface area contributed by atoms with E-state index in [1.807, 2.05) is 67.7 Å². The number of ether oxygens (including phenoxy) is 1. The molecule has 152 valence electrons. The zero-order chi connectivity index (χ0) is 20.9. The number of hydrogen-bond donors (Lipinski definition) is 0. The Bertz CT molecular complexity index is 1120. The van der Waals surface area contributed by atoms with Crippen LogP contribution >= 0.6 is 11.3 Å². The molecule has 0 atom stereocenters. The molecule has 0 saturated heterocycles. The summed E-state index contributed by atoms with van der Waals surface area (Å²) in [5, 5.41) is 6.93. The van der Waals surface area contributed by atoms with E-state index in [1.165, 1.54) is 16.9 Å². The number of para-hydroxylation sites is 1. The standard InChI is InChI=1S/C23H22N4O2S/c1-17-8-10-20(11-9-17)29-15-22-25-21(16-30-22)23(28)26(2)13-18-12-24-27(14-18)19-6-4-3-5-7-19/h3-12,14,16H,13,15H2,1-2H3. The Morgan fingerprint density at radius 2 is 1.90 bits per heavy atom. The number of carbonyl (C=O) groups excluding carboxylic acids is 1. The minimum Gasteiger partial charge on any atom is -0.486 e. The lowest BCUT2D eigenvalue weighted by Crippen LogP contribution is -2.26. The van der Waals surface area contributed by atoms with Crippen LogP contribution in [0, 0.1) is 6.92 Å². The summed E-state index contributed by atoms with van der Waals surface area (Å²) in [4.78, 5) is 18.8. The minimum atomic E-state index is -0.125. The summed E-state index contributed by atoms with van der Waals surface area (Å²) in [5.41, 5.74) is 3.55. The van der Waals surface area contributed by atoms with E-state index in [2.05, 4.69) is 10.1 Å². The fourth-order valence-electron chi connectivity index (χ4n) is 2.96. The normalized spacial score (nSPS) is 10.7. The summed E-state index contributed by atoms with van der Waals surface area (Å²) < 4.78 is 7.56. The smallest absolute Gasteiger partial charge is 0.273 e. The van der Waals surface area contributed by atoms with Crippen LogP contribution in [0.1, 0.15) is 26.6 Å². The van der Waals surface area contributed by atoms with Crippen molar-refractivity contribution in [2.75, 3.05) is 7.05 Å². The van der Waals surface area contributed by atoms with Crippen molar-refractivity contribution < 1.29 is 9.53 Å². The van der Waals surface area contributed by atoms with E-state index in [1.54, 1.807) is 28.2 Å². The van der Waals surface area contributed by atoms with Crippen molar-refractivity contribution in [1.82, 2.24) is 19.7 Å². The molecule has 0 bridgehead atoms. The van der Waals surface area contributed by atoms with Crippen LogP contribution in [0.3, 0.4) is 0 Å². The monoisotopic (exact) mass is 418 g/mol. The maximum absolute atomic E-state index is 12.8. The van der Waals surface area contributed by atoms with Crippen LogP contribution in [-0.4, -0.2) is 32.6 Å². The second kappa shape index (κ2) is 8.92. The summed E-state index contributed by atoms with van der Waals surface area (Å²) in [6, 6.07) is 17.7. The second-order valence-corrected chi connectivity index (χ2v) is 7.96. The summed E-state index contributed by atoms with van der Waals surface area (Å²) in [6.45, 7) is 2.83. The highest BCUT2D eigenvalue weighted by molar-refractivity contribution is 7.09. The number of amides is 1. The highest BCUT2D eigenvalue weighted by atomic mass is 32.1. The van der Waals surface area contributed by atoms with Crippen LogP contribution in [-0.2, 0) is 13.2 Å². The Labute approximate surface area is 179 Å². The summed E-state index contributed by atoms with van der Waals surface area (Å²) in [7, 11) is 1.77. The number of aryl methyl sites for hydroxylation is 1. The van der Waals surface area contributed by atoms with Crippen LogP contribution in [0.5, 0.6) is 5.75 Å². The van der Waals surface area contributed by atoms with Gasteiger partial charge in [0.1, 0.15) is 23.1 Å². The van der Waals surface area contributed by atoms with E-state index in [4.69, 9.17) is 4.74 Å². The molecule has 2 aromatic carbocycles. The lowest BCUT2D eigenvalue weighted by molar-refractivity contribution is 0.0779. The zero-order valence-electron chi connectivity index (χ0n) is 16.9. The SMILES string of the molecule is Cc1ccc(OCc2nc(C(=O)N(C)Cc3cnn(-c4ccccc4)c3)cs2)cc1. The molecule has 0 aliphatic rings. The number of thiazole rings is 1. The van der Waals surface area contributed by atoms with Crippen LogP contribution in [0.25, 0.3) is 5.69 Å². The average Bonchev–Trinajstić information content (AvgIpc) is 3.43. The minimum absolute atomic E-state index is 0.125. The van der Waals surface area contributed by atoms with Crippen molar-refractivity contribution in [2.24, 2.45) is 0 Å². The highest BCUT2D eigenvalue weighted by Gasteiger charge is 2.17. The molecule has 0 aliphatic heterocycles. The first kappa shape index (κ1) is 19.8. The van der Waals surface area contributed by atoms with Crippen LogP contribution < -0.4 is 4.74 Å². The molecular formula is C23H22N4O2S. The van der Waals surface area contributed by atoms with Gasteiger partial charge in [-0.3, -0.25) is 4.79 Å². The summed E-state index contributed by atoms with van der Waals surface area (Å²) in [6.07, 6.45) is 3.71. The van der Waals surface area contributed by atoms with Gasteiger partial charge in [0.25, 0.3) is 5.91 Å². The molecule has 4 aromatic rings. The van der Waals surface area contributed by atoms with Gasteiger partial charge in [0.15, 0.2) is 0 Å². The van der Waals surface area contributed by atoms with E-state index in [0.717, 1.165) is 22.0 Å². The molecule has 2 heterocycles. The number of carbonyl (C=O) groups is 1. The van der Waals surface area contributed by atoms with E-state index >= 15 is 0 Å². The molecule has 2 aromatic heterocycles. The number of rotatable bonds is 7. The molecule has 0 unspecified atom stereocenters. The summed E-state index contributed by atoms with van der Waals surface area (Å²) >= 11 is 1.43. The third-order valence-corrected chi connectivity index (χ3v) is 5.40. The topological polar surface area (TPSA) is 60.2 Å². The van der Waals surface area contributed by atoms with Gasteiger partial charge < -0.3 is 9.64 Å². The predicted octanol–water partition coefficient (Wildman–Crippen LogP) is 4.49. The van der Waals surface area contributed by atoms with Gasteiger partial charge >= 0.3 is 0 Å². The highest BCUT2D eigenvalue weighted by Crippen LogP contribution is 2.17. The van der Waals surface area contributed by atoms with Gasteiger partial charge in [0, 0.05) is 30.7 Å². The molecule has 0 spiro atoms. The zero-order valence-corrected chi connectivity index (χ0v) is 17.7. The van der Waals surface area contributed by atoms with Gasteiger partial charge in [-0.2, -0.15) is 5.10 Å². The van der Waals surface area contributed by atoms with E-state index < -0.39 is 0 Å². The van der Waals surface area contributed by atoms with E-state index in [9.17, 15) is 4.79 Å². The lowest BCUT2D eigenvalue weighted by atomic mass is 10.2. The van der Waals surface area contributed by atoms with Crippen molar-refractivity contribution >= 4 is 17.2 Å². The first-order valence-corrected chi connectivity index (χ1v) is 10.4. The van der Waals surface area contributed by atoms with Crippen molar-refractivity contribution in [1.29, 1.82) is 0 Å². The van der Waals surface area contributed by atoms with E-state index in [-0.39, 0.29) is 5.91 Å². The van der Waals surface area contributed by atoms with Gasteiger partial charge in [-0.25, -0.2) is 9.67 Å². The molecule has 0 saturated carbocycles. The molecule has 0 N–H and O–H groups in total. The van der Waals surface area contributed by atoms with Crippen molar-refractivity contribution in [3.05, 3.63) is 94.2 Å². The molecule has 7 heteroatoms. The van der Waals surface area contributed by atoms with Crippen LogP contribution in [0.2, 0.25) is 0 Å². The lowest BCUT2D eigenvalue weighted by Gasteiger charge is -2.14. The van der Waals surface area contributed by atoms with Gasteiger partial charge in [-0.15, -0.1) is 11.3 Å². The van der Waals surface area contributed by atoms with Crippen molar-refractivity contribution in [3.63, 3.8) is 0 Å². The number of aromatic nitrogens is 3. The average molecular weight is 419 g/mol. The van der Waals surface area contributed by atoms with Crippen molar-refractivity contribution in [3.8, 4) is 11.4 Å². The van der Waals surface area contributed by atoms with Gasteiger partial charge in [0.2, 0.25) is 0 Å². The van der Waals surface area contributed by atoms with Crippen LogP contribution in [0.15, 0.2) is 72.4 Å². The molecule has 1 amide bonds. The van der Waals surface area contributed by atoms with Gasteiger partial charge in [-0.1, -0.05) is 35.9 Å². The molecule has 6 nitrogen and oxygen atoms in total. The van der Waals surface area contributed by atoms with Gasteiger partial charge in [-0.05, 0) is 31.2 Å². The Morgan fingerprint density at radius 3 is 2.67 bits per heavy atom. The number of nitrogens with zero attached hydrogens (tertiary/aromatic N) is 4. The number of benzene rings is 2.